The van der Waals surface area contributed by atoms with Crippen LogP contribution in [-0.2, 0) is 11.3 Å². The van der Waals surface area contributed by atoms with Crippen LogP contribution < -0.4 is 5.32 Å². The van der Waals surface area contributed by atoms with Crippen LogP contribution in [0, 0.1) is 12.8 Å². The minimum atomic E-state index is 0.00741. The quantitative estimate of drug-likeness (QED) is 0.765. The summed E-state index contributed by atoms with van der Waals surface area (Å²) in [5, 5.41) is 6.51. The Hall–Kier alpha value is -1.32. The number of aromatic nitrogens is 1. The van der Waals surface area contributed by atoms with Gasteiger partial charge in [-0.15, -0.1) is 0 Å². The van der Waals surface area contributed by atoms with Gasteiger partial charge in [-0.05, 0) is 6.92 Å². The molecule has 72 valence electrons. The highest BCUT2D eigenvalue weighted by Crippen LogP contribution is 2.01. The molecule has 0 unspecified atom stereocenters. The molecule has 0 aliphatic carbocycles. The lowest BCUT2D eigenvalue weighted by atomic mass is 10.2. The van der Waals surface area contributed by atoms with Crippen LogP contribution in [0.25, 0.3) is 0 Å². The molecule has 0 fully saturated rings. The van der Waals surface area contributed by atoms with E-state index >= 15 is 0 Å². The van der Waals surface area contributed by atoms with E-state index in [-0.39, 0.29) is 11.8 Å². The maximum atomic E-state index is 11.2. The predicted molar refractivity (Wildman–Crippen MR) is 47.9 cm³/mol. The lowest BCUT2D eigenvalue weighted by Crippen LogP contribution is -2.27. The van der Waals surface area contributed by atoms with Crippen molar-refractivity contribution in [2.24, 2.45) is 5.92 Å². The largest absolute Gasteiger partial charge is 0.361 e. The van der Waals surface area contributed by atoms with Gasteiger partial charge in [0.1, 0.15) is 11.5 Å². The third-order valence-electron chi connectivity index (χ3n) is 1.64. The fourth-order valence-corrected chi connectivity index (χ4v) is 0.883. The molecule has 0 spiro atoms. The zero-order chi connectivity index (χ0) is 9.84. The maximum absolute atomic E-state index is 11.2. The van der Waals surface area contributed by atoms with Crippen molar-refractivity contribution >= 4 is 5.91 Å². The van der Waals surface area contributed by atoms with Crippen molar-refractivity contribution in [1.82, 2.24) is 10.5 Å². The second-order valence-electron chi connectivity index (χ2n) is 3.30. The van der Waals surface area contributed by atoms with Gasteiger partial charge in [-0.3, -0.25) is 4.79 Å². The molecule has 0 atom stereocenters. The summed E-state index contributed by atoms with van der Waals surface area (Å²) in [4.78, 5) is 11.2. The molecule has 0 bridgehead atoms. The number of carbonyl (C=O) groups is 1. The zero-order valence-electron chi connectivity index (χ0n) is 8.13. The summed E-state index contributed by atoms with van der Waals surface area (Å²) in [6.07, 6.45) is 0. The Morgan fingerprint density at radius 3 is 2.85 bits per heavy atom. The molecule has 1 aromatic rings. The van der Waals surface area contributed by atoms with E-state index in [0.29, 0.717) is 6.54 Å². The molecule has 1 heterocycles. The minimum Gasteiger partial charge on any atom is -0.361 e. The van der Waals surface area contributed by atoms with E-state index in [1.807, 2.05) is 20.8 Å². The molecule has 0 saturated carbocycles. The van der Waals surface area contributed by atoms with Crippen molar-refractivity contribution in [3.8, 4) is 0 Å². The Morgan fingerprint density at radius 2 is 2.38 bits per heavy atom. The Morgan fingerprint density at radius 1 is 1.69 bits per heavy atom. The molecular weight excluding hydrogens is 168 g/mol. The molecule has 0 aromatic carbocycles. The second kappa shape index (κ2) is 4.07. The lowest BCUT2D eigenvalue weighted by Gasteiger charge is -2.04. The fraction of sp³-hybridized carbons (Fsp3) is 0.556. The van der Waals surface area contributed by atoms with Gasteiger partial charge in [0.25, 0.3) is 0 Å². The van der Waals surface area contributed by atoms with Gasteiger partial charge in [-0.2, -0.15) is 0 Å². The fourth-order valence-electron chi connectivity index (χ4n) is 0.883. The van der Waals surface area contributed by atoms with Gasteiger partial charge in [-0.25, -0.2) is 0 Å². The first-order chi connectivity index (χ1) is 6.09. The van der Waals surface area contributed by atoms with Crippen molar-refractivity contribution in [2.75, 3.05) is 0 Å². The average Bonchev–Trinajstić information content (AvgIpc) is 2.47. The summed E-state index contributed by atoms with van der Waals surface area (Å²) < 4.78 is 4.86. The molecule has 0 aliphatic rings. The van der Waals surface area contributed by atoms with Crippen molar-refractivity contribution in [1.29, 1.82) is 0 Å². The van der Waals surface area contributed by atoms with Crippen LogP contribution in [0.2, 0.25) is 0 Å². The van der Waals surface area contributed by atoms with Crippen LogP contribution in [0.1, 0.15) is 25.3 Å². The maximum Gasteiger partial charge on any atom is 0.222 e. The lowest BCUT2D eigenvalue weighted by molar-refractivity contribution is -0.124. The number of nitrogens with zero attached hydrogens (tertiary/aromatic N) is 1. The number of amides is 1. The topological polar surface area (TPSA) is 55.1 Å². The van der Waals surface area contributed by atoms with Crippen molar-refractivity contribution < 1.29 is 9.32 Å². The van der Waals surface area contributed by atoms with Gasteiger partial charge < -0.3 is 9.84 Å². The third kappa shape index (κ3) is 2.89. The molecular formula is C9H14N2O2. The van der Waals surface area contributed by atoms with Crippen LogP contribution >= 0.6 is 0 Å². The molecule has 1 rings (SSSR count). The minimum absolute atomic E-state index is 0.00741. The highest BCUT2D eigenvalue weighted by molar-refractivity contribution is 5.77. The first-order valence-electron chi connectivity index (χ1n) is 4.29. The molecule has 1 N–H and O–H groups in total. The SMILES string of the molecule is Cc1cc(CNC(=O)C(C)C)no1. The summed E-state index contributed by atoms with van der Waals surface area (Å²) in [6, 6.07) is 1.81. The Kier molecular flexibility index (Phi) is 3.06. The van der Waals surface area contributed by atoms with E-state index in [1.54, 1.807) is 6.07 Å². The van der Waals surface area contributed by atoms with Crippen molar-refractivity contribution in [2.45, 2.75) is 27.3 Å². The first kappa shape index (κ1) is 9.77. The summed E-state index contributed by atoms with van der Waals surface area (Å²) in [7, 11) is 0. The molecule has 0 aliphatic heterocycles. The number of hydrogen-bond acceptors (Lipinski definition) is 3. The summed E-state index contributed by atoms with van der Waals surface area (Å²) in [5.74, 6) is 0.794. The second-order valence-corrected chi connectivity index (χ2v) is 3.30. The van der Waals surface area contributed by atoms with E-state index in [4.69, 9.17) is 4.52 Å². The Balaban J connectivity index is 2.39. The van der Waals surface area contributed by atoms with E-state index < -0.39 is 0 Å². The number of carbonyl (C=O) groups excluding carboxylic acids is 1. The summed E-state index contributed by atoms with van der Waals surface area (Å²) >= 11 is 0. The molecule has 1 amide bonds. The number of hydrogen-bond donors (Lipinski definition) is 1. The van der Waals surface area contributed by atoms with Crippen LogP contribution in [0.5, 0.6) is 0 Å². The smallest absolute Gasteiger partial charge is 0.222 e. The van der Waals surface area contributed by atoms with E-state index in [2.05, 4.69) is 10.5 Å². The average molecular weight is 182 g/mol. The molecule has 4 heteroatoms. The summed E-state index contributed by atoms with van der Waals surface area (Å²) in [5.41, 5.74) is 0.756. The first-order valence-corrected chi connectivity index (χ1v) is 4.29. The highest BCUT2D eigenvalue weighted by Gasteiger charge is 2.07. The predicted octanol–water partition coefficient (Wildman–Crippen LogP) is 1.26. The van der Waals surface area contributed by atoms with E-state index in [0.717, 1.165) is 11.5 Å². The molecule has 0 radical (unpaired) electrons. The van der Waals surface area contributed by atoms with Gasteiger partial charge in [0, 0.05) is 12.0 Å². The Labute approximate surface area is 77.3 Å². The zero-order valence-corrected chi connectivity index (χ0v) is 8.13. The van der Waals surface area contributed by atoms with Gasteiger partial charge in [-0.1, -0.05) is 19.0 Å². The number of nitrogens with one attached hydrogen (secondary N) is 1. The third-order valence-corrected chi connectivity index (χ3v) is 1.64. The standard InChI is InChI=1S/C9H14N2O2/c1-6(2)9(12)10-5-8-4-7(3)13-11-8/h4,6H,5H2,1-3H3,(H,10,12). The van der Waals surface area contributed by atoms with Gasteiger partial charge in [0.2, 0.25) is 5.91 Å². The van der Waals surface area contributed by atoms with Gasteiger partial charge in [0.05, 0.1) is 6.54 Å². The van der Waals surface area contributed by atoms with Crippen molar-refractivity contribution in [3.63, 3.8) is 0 Å². The monoisotopic (exact) mass is 182 g/mol. The van der Waals surface area contributed by atoms with Gasteiger partial charge in [0.15, 0.2) is 0 Å². The van der Waals surface area contributed by atoms with Crippen LogP contribution in [0.15, 0.2) is 10.6 Å². The van der Waals surface area contributed by atoms with E-state index in [9.17, 15) is 4.79 Å². The Bertz CT molecular complexity index is 292. The normalized spacial score (nSPS) is 10.5. The summed E-state index contributed by atoms with van der Waals surface area (Å²) in [6.45, 7) is 5.96. The molecule has 1 aromatic heterocycles. The van der Waals surface area contributed by atoms with Crippen LogP contribution in [0.3, 0.4) is 0 Å². The molecule has 13 heavy (non-hydrogen) atoms. The van der Waals surface area contributed by atoms with Crippen molar-refractivity contribution in [3.05, 3.63) is 17.5 Å². The molecule has 0 saturated heterocycles. The van der Waals surface area contributed by atoms with Gasteiger partial charge >= 0.3 is 0 Å². The number of aryl methyl sites for hydroxylation is 1. The van der Waals surface area contributed by atoms with Crippen LogP contribution in [0.4, 0.5) is 0 Å². The number of rotatable bonds is 3. The van der Waals surface area contributed by atoms with Crippen LogP contribution in [-0.4, -0.2) is 11.1 Å². The highest BCUT2D eigenvalue weighted by atomic mass is 16.5. The molecule has 4 nitrogen and oxygen atoms in total. The van der Waals surface area contributed by atoms with E-state index in [1.165, 1.54) is 0 Å².